The first-order valence-electron chi connectivity index (χ1n) is 8.95. The van der Waals surface area contributed by atoms with Crippen molar-refractivity contribution in [3.8, 4) is 22.0 Å². The number of fused-ring (bicyclic) bond motifs is 1. The Labute approximate surface area is 183 Å². The number of hydrogen-bond acceptors (Lipinski definition) is 8. The number of benzene rings is 2. The standard InChI is InChI=1S/C19H13ClN8O2S/c1-28-16(21-8-23-28)9-4-10(6-11(5-9)18(29)30)17-26-27-19(31-17)24-14-3-2-13-12(15(14)20)7-22-25-13/h2-8H,1H3,(H,22,25)(H,24,27)(H,29,30). The van der Waals surface area contributed by atoms with Crippen molar-refractivity contribution in [1.82, 2.24) is 35.2 Å². The molecule has 3 N–H and O–H groups in total. The van der Waals surface area contributed by atoms with Crippen molar-refractivity contribution in [2.75, 3.05) is 5.32 Å². The molecule has 0 spiro atoms. The average molecular weight is 453 g/mol. The summed E-state index contributed by atoms with van der Waals surface area (Å²) in [7, 11) is 1.74. The van der Waals surface area contributed by atoms with Crippen LogP contribution in [0.15, 0.2) is 42.9 Å². The number of hydrogen-bond donors (Lipinski definition) is 3. The zero-order valence-corrected chi connectivity index (χ0v) is 17.4. The van der Waals surface area contributed by atoms with Gasteiger partial charge in [0.1, 0.15) is 11.3 Å². The molecule has 154 valence electrons. The minimum atomic E-state index is -1.05. The molecule has 0 atom stereocenters. The molecule has 2 aromatic carbocycles. The zero-order valence-electron chi connectivity index (χ0n) is 15.9. The van der Waals surface area contributed by atoms with Gasteiger partial charge in [-0.25, -0.2) is 14.5 Å². The normalized spacial score (nSPS) is 11.2. The number of aryl methyl sites for hydroxylation is 1. The number of nitrogens with zero attached hydrogens (tertiary/aromatic N) is 6. The van der Waals surface area contributed by atoms with Crippen LogP contribution in [0, 0.1) is 0 Å². The fourth-order valence-corrected chi connectivity index (χ4v) is 4.15. The van der Waals surface area contributed by atoms with Crippen LogP contribution >= 0.6 is 22.9 Å². The van der Waals surface area contributed by atoms with Crippen LogP contribution in [0.3, 0.4) is 0 Å². The maximum Gasteiger partial charge on any atom is 0.335 e. The second-order valence-corrected chi connectivity index (χ2v) is 7.96. The molecule has 0 aliphatic carbocycles. The first kappa shape index (κ1) is 19.2. The Hall–Kier alpha value is -3.83. The third kappa shape index (κ3) is 3.49. The molecule has 0 unspecified atom stereocenters. The van der Waals surface area contributed by atoms with Gasteiger partial charge in [-0.15, -0.1) is 10.2 Å². The van der Waals surface area contributed by atoms with E-state index in [4.69, 9.17) is 11.6 Å². The highest BCUT2D eigenvalue weighted by Gasteiger charge is 2.16. The van der Waals surface area contributed by atoms with Gasteiger partial charge < -0.3 is 10.4 Å². The molecule has 0 aliphatic heterocycles. The van der Waals surface area contributed by atoms with Gasteiger partial charge in [-0.1, -0.05) is 22.9 Å². The van der Waals surface area contributed by atoms with E-state index in [1.54, 1.807) is 30.1 Å². The van der Waals surface area contributed by atoms with Gasteiger partial charge in [-0.3, -0.25) is 5.10 Å². The summed E-state index contributed by atoms with van der Waals surface area (Å²) < 4.78 is 1.58. The molecule has 5 rings (SSSR count). The van der Waals surface area contributed by atoms with Crippen LogP contribution in [0.4, 0.5) is 10.8 Å². The molecular weight excluding hydrogens is 440 g/mol. The van der Waals surface area contributed by atoms with E-state index >= 15 is 0 Å². The lowest BCUT2D eigenvalue weighted by molar-refractivity contribution is 0.0697. The number of nitrogens with one attached hydrogen (secondary N) is 2. The molecule has 0 radical (unpaired) electrons. The molecule has 0 bridgehead atoms. The van der Waals surface area contributed by atoms with E-state index in [9.17, 15) is 9.90 Å². The van der Waals surface area contributed by atoms with E-state index in [1.807, 2.05) is 18.2 Å². The number of carbonyl (C=O) groups is 1. The van der Waals surface area contributed by atoms with E-state index < -0.39 is 5.97 Å². The lowest BCUT2D eigenvalue weighted by atomic mass is 10.1. The summed E-state index contributed by atoms with van der Waals surface area (Å²) in [5.74, 6) is -0.499. The summed E-state index contributed by atoms with van der Waals surface area (Å²) in [6.07, 6.45) is 3.07. The average Bonchev–Trinajstić information content (AvgIpc) is 3.50. The Bertz CT molecular complexity index is 1440. The van der Waals surface area contributed by atoms with Gasteiger partial charge in [-0.2, -0.15) is 10.2 Å². The molecule has 5 aromatic rings. The van der Waals surface area contributed by atoms with Crippen LogP contribution in [0.25, 0.3) is 32.9 Å². The van der Waals surface area contributed by atoms with Crippen molar-refractivity contribution in [2.45, 2.75) is 0 Å². The Balaban J connectivity index is 1.51. The number of H-pyrrole nitrogens is 1. The van der Waals surface area contributed by atoms with Crippen LogP contribution in [0.5, 0.6) is 0 Å². The molecule has 0 aliphatic rings. The summed E-state index contributed by atoms with van der Waals surface area (Å²) in [5, 5.41) is 34.4. The molecule has 0 amide bonds. The number of aromatic amines is 1. The van der Waals surface area contributed by atoms with E-state index in [1.165, 1.54) is 17.7 Å². The summed E-state index contributed by atoms with van der Waals surface area (Å²) in [6.45, 7) is 0. The highest BCUT2D eigenvalue weighted by Crippen LogP contribution is 2.35. The van der Waals surface area contributed by atoms with Gasteiger partial charge in [0.25, 0.3) is 0 Å². The lowest BCUT2D eigenvalue weighted by Gasteiger charge is -2.06. The Morgan fingerprint density at radius 3 is 2.84 bits per heavy atom. The minimum absolute atomic E-state index is 0.119. The molecule has 3 heterocycles. The lowest BCUT2D eigenvalue weighted by Crippen LogP contribution is -2.00. The van der Waals surface area contributed by atoms with Crippen molar-refractivity contribution in [3.63, 3.8) is 0 Å². The fraction of sp³-hybridized carbons (Fsp3) is 0.0526. The van der Waals surface area contributed by atoms with Crippen molar-refractivity contribution in [1.29, 1.82) is 0 Å². The Morgan fingerprint density at radius 1 is 1.23 bits per heavy atom. The summed E-state index contributed by atoms with van der Waals surface area (Å²) in [5.41, 5.74) is 2.84. The van der Waals surface area contributed by atoms with Gasteiger partial charge in [0.05, 0.1) is 28.0 Å². The minimum Gasteiger partial charge on any atom is -0.478 e. The number of aromatic nitrogens is 7. The molecule has 0 saturated heterocycles. The number of carboxylic acids is 1. The highest BCUT2D eigenvalue weighted by molar-refractivity contribution is 7.18. The van der Waals surface area contributed by atoms with Gasteiger partial charge in [0.2, 0.25) is 5.13 Å². The van der Waals surface area contributed by atoms with Crippen molar-refractivity contribution in [3.05, 3.63) is 53.4 Å². The predicted molar refractivity (Wildman–Crippen MR) is 117 cm³/mol. The smallest absolute Gasteiger partial charge is 0.335 e. The van der Waals surface area contributed by atoms with E-state index in [0.29, 0.717) is 37.8 Å². The van der Waals surface area contributed by atoms with Gasteiger partial charge in [0.15, 0.2) is 5.82 Å². The van der Waals surface area contributed by atoms with Gasteiger partial charge in [0, 0.05) is 23.6 Å². The summed E-state index contributed by atoms with van der Waals surface area (Å²) in [6, 6.07) is 8.60. The van der Waals surface area contributed by atoms with E-state index in [2.05, 4.69) is 35.8 Å². The SMILES string of the molecule is Cn1ncnc1-c1cc(C(=O)O)cc(-c2nnc(Nc3ccc4[nH]ncc4c3Cl)s2)c1. The number of halogens is 1. The summed E-state index contributed by atoms with van der Waals surface area (Å²) in [4.78, 5) is 15.9. The quantitative estimate of drug-likeness (QED) is 0.364. The van der Waals surface area contributed by atoms with E-state index in [0.717, 1.165) is 10.9 Å². The monoisotopic (exact) mass is 452 g/mol. The highest BCUT2D eigenvalue weighted by atomic mass is 35.5. The maximum absolute atomic E-state index is 11.6. The second-order valence-electron chi connectivity index (χ2n) is 6.61. The maximum atomic E-state index is 11.6. The first-order valence-corrected chi connectivity index (χ1v) is 10.1. The van der Waals surface area contributed by atoms with Crippen molar-refractivity contribution in [2.24, 2.45) is 7.05 Å². The second kappa shape index (κ2) is 7.45. The van der Waals surface area contributed by atoms with Crippen LogP contribution in [0.1, 0.15) is 10.4 Å². The van der Waals surface area contributed by atoms with Gasteiger partial charge >= 0.3 is 5.97 Å². The fourth-order valence-electron chi connectivity index (χ4n) is 3.15. The molecular formula is C19H13ClN8O2S. The number of carboxylic acid groups (broad SMARTS) is 1. The third-order valence-electron chi connectivity index (χ3n) is 4.62. The third-order valence-corrected chi connectivity index (χ3v) is 5.92. The molecule has 12 heteroatoms. The molecule has 0 saturated carbocycles. The molecule has 0 fully saturated rings. The van der Waals surface area contributed by atoms with Crippen LogP contribution in [0.2, 0.25) is 5.02 Å². The predicted octanol–water partition coefficient (Wildman–Crippen LogP) is 3.97. The Morgan fingerprint density at radius 2 is 2.06 bits per heavy atom. The number of rotatable bonds is 5. The number of anilines is 2. The van der Waals surface area contributed by atoms with Crippen LogP contribution in [-0.4, -0.2) is 46.2 Å². The zero-order chi connectivity index (χ0) is 21.5. The van der Waals surface area contributed by atoms with E-state index in [-0.39, 0.29) is 5.56 Å². The first-order chi connectivity index (χ1) is 15.0. The number of aromatic carboxylic acids is 1. The molecule has 10 nitrogen and oxygen atoms in total. The Kier molecular flexibility index (Phi) is 4.60. The molecule has 3 aromatic heterocycles. The largest absolute Gasteiger partial charge is 0.478 e. The van der Waals surface area contributed by atoms with Gasteiger partial charge in [-0.05, 0) is 30.3 Å². The van der Waals surface area contributed by atoms with Crippen LogP contribution in [-0.2, 0) is 7.05 Å². The van der Waals surface area contributed by atoms with Crippen molar-refractivity contribution >= 4 is 50.6 Å². The molecule has 31 heavy (non-hydrogen) atoms. The summed E-state index contributed by atoms with van der Waals surface area (Å²) >= 11 is 7.73. The van der Waals surface area contributed by atoms with Crippen LogP contribution < -0.4 is 5.32 Å². The topological polar surface area (TPSA) is 134 Å². The van der Waals surface area contributed by atoms with Crippen molar-refractivity contribution < 1.29 is 9.90 Å².